The van der Waals surface area contributed by atoms with Gasteiger partial charge in [-0.3, -0.25) is 4.79 Å². The maximum Gasteiger partial charge on any atom is 0.235 e. The highest BCUT2D eigenvalue weighted by Crippen LogP contribution is 2.33. The number of likely N-dealkylation sites (tertiary alicyclic amines) is 1. The molecule has 1 aliphatic heterocycles. The molecule has 0 radical (unpaired) electrons. The van der Waals surface area contributed by atoms with E-state index in [1.54, 1.807) is 7.05 Å². The molecule has 1 atom stereocenters. The van der Waals surface area contributed by atoms with Crippen molar-refractivity contribution < 1.29 is 14.7 Å². The number of carbonyl (C=O) groups is 2. The van der Waals surface area contributed by atoms with Gasteiger partial charge in [-0.05, 0) is 6.42 Å². The lowest BCUT2D eigenvalue weighted by Crippen LogP contribution is -2.47. The summed E-state index contributed by atoms with van der Waals surface area (Å²) in [7, 11) is 1.56. The molecule has 13 heavy (non-hydrogen) atoms. The van der Waals surface area contributed by atoms with E-state index in [-0.39, 0.29) is 12.8 Å². The minimum atomic E-state index is -1.47. The highest BCUT2D eigenvalue weighted by atomic mass is 16.4. The molecular weight excluding hydrogens is 170 g/mol. The van der Waals surface area contributed by atoms with Crippen LogP contribution in [0, 0.1) is 17.8 Å². The van der Waals surface area contributed by atoms with Crippen LogP contribution < -0.4 is 5.11 Å². The zero-order chi connectivity index (χ0) is 10.1. The second kappa shape index (κ2) is 3.09. The number of rotatable bonds is 2. The highest BCUT2D eigenvalue weighted by molar-refractivity contribution is 6.02. The lowest BCUT2D eigenvalue weighted by molar-refractivity contribution is -0.316. The van der Waals surface area contributed by atoms with Crippen molar-refractivity contribution in [2.24, 2.45) is 5.41 Å². The molecule has 0 bridgehead atoms. The molecule has 1 rings (SSSR count). The number of carboxylic acids is 1. The second-order valence-corrected chi connectivity index (χ2v) is 3.23. The van der Waals surface area contributed by atoms with Crippen molar-refractivity contribution in [1.29, 1.82) is 0 Å². The number of nitrogens with zero attached hydrogens (tertiary/aromatic N) is 1. The fourth-order valence-corrected chi connectivity index (χ4v) is 1.53. The number of carbonyl (C=O) groups excluding carboxylic acids is 2. The Hall–Kier alpha value is -1.50. The van der Waals surface area contributed by atoms with E-state index in [1.807, 2.05) is 0 Å². The Morgan fingerprint density at radius 3 is 2.77 bits per heavy atom. The van der Waals surface area contributed by atoms with Gasteiger partial charge in [-0.1, -0.05) is 0 Å². The van der Waals surface area contributed by atoms with Gasteiger partial charge in [-0.25, -0.2) is 0 Å². The third-order valence-electron chi connectivity index (χ3n) is 2.42. The first-order chi connectivity index (χ1) is 6.04. The van der Waals surface area contributed by atoms with E-state index in [2.05, 4.69) is 5.92 Å². The molecule has 0 aromatic heterocycles. The molecular formula is C9H10NO3-. The Labute approximate surface area is 76.5 Å². The standard InChI is InChI=1S/C9H11NO3/c1-3-4-9(8(12)13)5-6-10(2)7(9)11/h1H,4-6H2,2H3,(H,12,13)/p-1/t9-/m0/s1. The molecule has 0 aliphatic carbocycles. The summed E-state index contributed by atoms with van der Waals surface area (Å²) in [5.41, 5.74) is -1.47. The molecule has 0 saturated carbocycles. The van der Waals surface area contributed by atoms with E-state index >= 15 is 0 Å². The Balaban J connectivity index is 3.00. The first kappa shape index (κ1) is 9.59. The molecule has 1 fully saturated rings. The molecule has 70 valence electrons. The molecule has 0 unspecified atom stereocenters. The van der Waals surface area contributed by atoms with Crippen molar-refractivity contribution in [2.45, 2.75) is 12.8 Å². The minimum absolute atomic E-state index is 0.0848. The number of aliphatic carboxylic acids is 1. The van der Waals surface area contributed by atoms with Gasteiger partial charge >= 0.3 is 0 Å². The van der Waals surface area contributed by atoms with Crippen molar-refractivity contribution in [3.63, 3.8) is 0 Å². The van der Waals surface area contributed by atoms with E-state index < -0.39 is 17.3 Å². The van der Waals surface area contributed by atoms with E-state index in [4.69, 9.17) is 6.42 Å². The third-order valence-corrected chi connectivity index (χ3v) is 2.42. The fourth-order valence-electron chi connectivity index (χ4n) is 1.53. The normalized spacial score (nSPS) is 27.4. The van der Waals surface area contributed by atoms with Crippen LogP contribution in [0.2, 0.25) is 0 Å². The zero-order valence-electron chi connectivity index (χ0n) is 7.37. The molecule has 4 nitrogen and oxygen atoms in total. The maximum absolute atomic E-state index is 11.5. The zero-order valence-corrected chi connectivity index (χ0v) is 7.37. The first-order valence-corrected chi connectivity index (χ1v) is 3.95. The molecule has 0 aromatic carbocycles. The van der Waals surface area contributed by atoms with Crippen molar-refractivity contribution in [3.05, 3.63) is 0 Å². The van der Waals surface area contributed by atoms with Crippen molar-refractivity contribution in [3.8, 4) is 12.3 Å². The van der Waals surface area contributed by atoms with Crippen LogP contribution in [0.5, 0.6) is 0 Å². The lowest BCUT2D eigenvalue weighted by Gasteiger charge is -2.25. The van der Waals surface area contributed by atoms with Gasteiger partial charge in [0, 0.05) is 20.0 Å². The summed E-state index contributed by atoms with van der Waals surface area (Å²) in [6.07, 6.45) is 5.19. The van der Waals surface area contributed by atoms with Crippen LogP contribution >= 0.6 is 0 Å². The van der Waals surface area contributed by atoms with Crippen molar-refractivity contribution >= 4 is 11.9 Å². The van der Waals surface area contributed by atoms with Crippen LogP contribution in [0.3, 0.4) is 0 Å². The Morgan fingerprint density at radius 1 is 1.85 bits per heavy atom. The van der Waals surface area contributed by atoms with Gasteiger partial charge in [-0.2, -0.15) is 0 Å². The van der Waals surface area contributed by atoms with E-state index in [9.17, 15) is 14.7 Å². The summed E-state index contributed by atoms with van der Waals surface area (Å²) in [5.74, 6) is 0.414. The Kier molecular flexibility index (Phi) is 2.28. The summed E-state index contributed by atoms with van der Waals surface area (Å²) < 4.78 is 0. The van der Waals surface area contributed by atoms with Gasteiger partial charge in [0.15, 0.2) is 0 Å². The smallest absolute Gasteiger partial charge is 0.235 e. The summed E-state index contributed by atoms with van der Waals surface area (Å²) in [4.78, 5) is 23.7. The average molecular weight is 180 g/mol. The SMILES string of the molecule is C#CC[C@]1(C(=O)[O-])CCN(C)C1=O. The van der Waals surface area contributed by atoms with Gasteiger partial charge in [0.05, 0.1) is 5.97 Å². The summed E-state index contributed by atoms with van der Waals surface area (Å²) in [5, 5.41) is 10.8. The predicted molar refractivity (Wildman–Crippen MR) is 43.1 cm³/mol. The summed E-state index contributed by atoms with van der Waals surface area (Å²) >= 11 is 0. The van der Waals surface area contributed by atoms with Crippen LogP contribution in [0.1, 0.15) is 12.8 Å². The molecule has 1 amide bonds. The minimum Gasteiger partial charge on any atom is -0.549 e. The van der Waals surface area contributed by atoms with Gasteiger partial charge in [-0.15, -0.1) is 12.3 Å². The second-order valence-electron chi connectivity index (χ2n) is 3.23. The molecule has 1 aliphatic rings. The number of amides is 1. The van der Waals surface area contributed by atoms with Gasteiger partial charge < -0.3 is 14.8 Å². The quantitative estimate of drug-likeness (QED) is 0.388. The van der Waals surface area contributed by atoms with Crippen molar-refractivity contribution in [1.82, 2.24) is 4.90 Å². The van der Waals surface area contributed by atoms with Crippen LogP contribution in [0.25, 0.3) is 0 Å². The van der Waals surface area contributed by atoms with Gasteiger partial charge in [0.25, 0.3) is 0 Å². The van der Waals surface area contributed by atoms with Crippen LogP contribution in [-0.4, -0.2) is 30.4 Å². The van der Waals surface area contributed by atoms with E-state index in [1.165, 1.54) is 4.90 Å². The fraction of sp³-hybridized carbons (Fsp3) is 0.556. The average Bonchev–Trinajstić information content (AvgIpc) is 2.34. The van der Waals surface area contributed by atoms with Crippen LogP contribution in [-0.2, 0) is 9.59 Å². The van der Waals surface area contributed by atoms with Gasteiger partial charge in [0.2, 0.25) is 5.91 Å². The molecule has 1 saturated heterocycles. The van der Waals surface area contributed by atoms with E-state index in [0.717, 1.165) is 0 Å². The number of hydrogen-bond donors (Lipinski definition) is 0. The van der Waals surface area contributed by atoms with Crippen LogP contribution in [0.15, 0.2) is 0 Å². The molecule has 0 spiro atoms. The number of terminal acetylenes is 1. The lowest BCUT2D eigenvalue weighted by atomic mass is 9.83. The highest BCUT2D eigenvalue weighted by Gasteiger charge is 2.46. The summed E-state index contributed by atoms with van der Waals surface area (Å²) in [6.45, 7) is 0.425. The molecule has 4 heteroatoms. The maximum atomic E-state index is 11.5. The number of carboxylic acid groups (broad SMARTS) is 1. The van der Waals surface area contributed by atoms with Gasteiger partial charge in [0.1, 0.15) is 5.41 Å². The number of hydrogen-bond acceptors (Lipinski definition) is 3. The summed E-state index contributed by atoms with van der Waals surface area (Å²) in [6, 6.07) is 0. The predicted octanol–water partition coefficient (Wildman–Crippen LogP) is -1.39. The monoisotopic (exact) mass is 180 g/mol. The third kappa shape index (κ3) is 1.26. The first-order valence-electron chi connectivity index (χ1n) is 3.95. The Morgan fingerprint density at radius 2 is 2.46 bits per heavy atom. The molecule has 0 aromatic rings. The Bertz CT molecular complexity index is 292. The van der Waals surface area contributed by atoms with E-state index in [0.29, 0.717) is 6.54 Å². The topological polar surface area (TPSA) is 60.4 Å². The molecule has 1 heterocycles. The van der Waals surface area contributed by atoms with Crippen molar-refractivity contribution in [2.75, 3.05) is 13.6 Å². The van der Waals surface area contributed by atoms with Crippen LogP contribution in [0.4, 0.5) is 0 Å². The largest absolute Gasteiger partial charge is 0.549 e. The molecule has 0 N–H and O–H groups in total.